The summed E-state index contributed by atoms with van der Waals surface area (Å²) in [5.74, 6) is -1.56. The van der Waals surface area contributed by atoms with Crippen molar-refractivity contribution in [2.75, 3.05) is 0 Å². The number of halogens is 2. The molecule has 0 aliphatic heterocycles. The quantitative estimate of drug-likeness (QED) is 0.721. The van der Waals surface area contributed by atoms with Crippen LogP contribution in [-0.2, 0) is 0 Å². The lowest BCUT2D eigenvalue weighted by Gasteiger charge is -2.02. The Morgan fingerprint density at radius 2 is 2.23 bits per heavy atom. The summed E-state index contributed by atoms with van der Waals surface area (Å²) in [7, 11) is 0. The molecule has 0 bridgehead atoms. The van der Waals surface area contributed by atoms with Crippen molar-refractivity contribution in [3.63, 3.8) is 0 Å². The van der Waals surface area contributed by atoms with Crippen LogP contribution >= 0.6 is 0 Å². The Kier molecular flexibility index (Phi) is 2.41. The zero-order valence-electron chi connectivity index (χ0n) is 6.37. The number of hydrogen-bond acceptors (Lipinski definition) is 3. The molecule has 0 aliphatic carbocycles. The molecule has 1 rings (SSSR count). The van der Waals surface area contributed by atoms with E-state index in [0.29, 0.717) is 0 Å². The highest BCUT2D eigenvalue weighted by atomic mass is 19.3. The molecule has 0 atom stereocenters. The number of primary amides is 1. The Bertz CT molecular complexity index is 341. The van der Waals surface area contributed by atoms with Crippen molar-refractivity contribution in [2.45, 2.75) is 6.43 Å². The molecule has 1 heterocycles. The van der Waals surface area contributed by atoms with Crippen LogP contribution in [0.15, 0.2) is 12.3 Å². The van der Waals surface area contributed by atoms with E-state index in [1.54, 1.807) is 0 Å². The first-order chi connectivity index (χ1) is 6.02. The molecule has 13 heavy (non-hydrogen) atoms. The van der Waals surface area contributed by atoms with E-state index in [9.17, 15) is 13.6 Å². The van der Waals surface area contributed by atoms with Gasteiger partial charge in [-0.2, -0.15) is 0 Å². The van der Waals surface area contributed by atoms with Crippen molar-refractivity contribution >= 4 is 5.91 Å². The van der Waals surface area contributed by atoms with Gasteiger partial charge in [0, 0.05) is 6.20 Å². The van der Waals surface area contributed by atoms with E-state index < -0.39 is 23.8 Å². The van der Waals surface area contributed by atoms with Crippen molar-refractivity contribution in [3.8, 4) is 5.75 Å². The van der Waals surface area contributed by atoms with Gasteiger partial charge in [0.05, 0.1) is 5.56 Å². The molecule has 4 nitrogen and oxygen atoms in total. The number of aromatic hydroxyl groups is 1. The monoisotopic (exact) mass is 188 g/mol. The van der Waals surface area contributed by atoms with Gasteiger partial charge in [-0.1, -0.05) is 0 Å². The molecule has 0 saturated carbocycles. The van der Waals surface area contributed by atoms with Crippen molar-refractivity contribution in [1.29, 1.82) is 0 Å². The number of alkyl halides is 2. The molecule has 70 valence electrons. The van der Waals surface area contributed by atoms with E-state index >= 15 is 0 Å². The van der Waals surface area contributed by atoms with Gasteiger partial charge >= 0.3 is 0 Å². The summed E-state index contributed by atoms with van der Waals surface area (Å²) in [4.78, 5) is 13.7. The number of amides is 1. The van der Waals surface area contributed by atoms with Gasteiger partial charge in [-0.3, -0.25) is 9.78 Å². The van der Waals surface area contributed by atoms with E-state index in [2.05, 4.69) is 4.98 Å². The zero-order chi connectivity index (χ0) is 10.0. The third-order valence-corrected chi connectivity index (χ3v) is 1.39. The van der Waals surface area contributed by atoms with Crippen LogP contribution in [0, 0.1) is 0 Å². The van der Waals surface area contributed by atoms with Crippen LogP contribution in [0.5, 0.6) is 5.75 Å². The summed E-state index contributed by atoms with van der Waals surface area (Å²) in [5.41, 5.74) is 3.96. The van der Waals surface area contributed by atoms with Gasteiger partial charge < -0.3 is 10.8 Å². The minimum absolute atomic E-state index is 0.109. The van der Waals surface area contributed by atoms with Crippen molar-refractivity contribution in [2.24, 2.45) is 5.73 Å². The lowest BCUT2D eigenvalue weighted by Crippen LogP contribution is -2.11. The average molecular weight is 188 g/mol. The normalized spacial score (nSPS) is 10.4. The van der Waals surface area contributed by atoms with Crippen LogP contribution < -0.4 is 5.73 Å². The third kappa shape index (κ3) is 1.90. The lowest BCUT2D eigenvalue weighted by molar-refractivity contribution is 0.0998. The Labute approximate surface area is 72.0 Å². The summed E-state index contributed by atoms with van der Waals surface area (Å²) >= 11 is 0. The van der Waals surface area contributed by atoms with Crippen molar-refractivity contribution in [3.05, 3.63) is 23.5 Å². The summed E-state index contributed by atoms with van der Waals surface area (Å²) in [5, 5.41) is 8.96. The molecule has 0 unspecified atom stereocenters. The van der Waals surface area contributed by atoms with Crippen LogP contribution in [0.3, 0.4) is 0 Å². The summed E-state index contributed by atoms with van der Waals surface area (Å²) in [6, 6.07) is 0.858. The molecular weight excluding hydrogens is 182 g/mol. The van der Waals surface area contributed by atoms with E-state index in [4.69, 9.17) is 10.8 Å². The molecule has 1 aromatic rings. The summed E-state index contributed by atoms with van der Waals surface area (Å²) in [6.07, 6.45) is -1.98. The van der Waals surface area contributed by atoms with Gasteiger partial charge in [-0.25, -0.2) is 8.78 Å². The highest BCUT2D eigenvalue weighted by Crippen LogP contribution is 2.25. The summed E-state index contributed by atoms with van der Waals surface area (Å²) < 4.78 is 24.0. The first-order valence-corrected chi connectivity index (χ1v) is 3.29. The fourth-order valence-electron chi connectivity index (χ4n) is 0.767. The van der Waals surface area contributed by atoms with Crippen LogP contribution in [0.25, 0.3) is 0 Å². The maximum Gasteiger partial charge on any atom is 0.284 e. The van der Waals surface area contributed by atoms with E-state index in [0.717, 1.165) is 12.3 Å². The Hall–Kier alpha value is -1.72. The molecule has 0 aromatic carbocycles. The number of hydrogen-bond donors (Lipinski definition) is 2. The molecule has 3 N–H and O–H groups in total. The maximum absolute atomic E-state index is 12.0. The maximum atomic E-state index is 12.0. The molecule has 0 saturated heterocycles. The second-order valence-corrected chi connectivity index (χ2v) is 2.29. The number of rotatable bonds is 2. The SMILES string of the molecule is NC(=O)c1cnc(C(F)F)c(O)c1. The van der Waals surface area contributed by atoms with Gasteiger partial charge in [0.15, 0.2) is 0 Å². The van der Waals surface area contributed by atoms with Crippen LogP contribution in [0.1, 0.15) is 22.5 Å². The standard InChI is InChI=1S/C7H6F2N2O2/c8-6(9)5-4(12)1-3(2-11-5)7(10)13/h1-2,6,12H,(H2,10,13). The minimum atomic E-state index is -2.87. The zero-order valence-corrected chi connectivity index (χ0v) is 6.37. The highest BCUT2D eigenvalue weighted by Gasteiger charge is 2.15. The van der Waals surface area contributed by atoms with Gasteiger partial charge in [-0.05, 0) is 6.07 Å². The van der Waals surface area contributed by atoms with Gasteiger partial charge in [0.2, 0.25) is 5.91 Å². The largest absolute Gasteiger partial charge is 0.506 e. The molecule has 0 fully saturated rings. The fourth-order valence-corrected chi connectivity index (χ4v) is 0.767. The van der Waals surface area contributed by atoms with Crippen LogP contribution in [-0.4, -0.2) is 16.0 Å². The topological polar surface area (TPSA) is 76.2 Å². The fraction of sp³-hybridized carbons (Fsp3) is 0.143. The van der Waals surface area contributed by atoms with E-state index in [1.807, 2.05) is 0 Å². The van der Waals surface area contributed by atoms with E-state index in [1.165, 1.54) is 0 Å². The Morgan fingerprint density at radius 1 is 1.62 bits per heavy atom. The molecular formula is C7H6F2N2O2. The number of pyridine rings is 1. The Balaban J connectivity index is 3.13. The first-order valence-electron chi connectivity index (χ1n) is 3.29. The Morgan fingerprint density at radius 3 is 2.62 bits per heavy atom. The second kappa shape index (κ2) is 3.34. The van der Waals surface area contributed by atoms with Gasteiger partial charge in [0.1, 0.15) is 11.4 Å². The van der Waals surface area contributed by atoms with Crippen LogP contribution in [0.4, 0.5) is 8.78 Å². The third-order valence-electron chi connectivity index (χ3n) is 1.39. The van der Waals surface area contributed by atoms with Gasteiger partial charge in [-0.15, -0.1) is 0 Å². The molecule has 1 amide bonds. The smallest absolute Gasteiger partial charge is 0.284 e. The summed E-state index contributed by atoms with van der Waals surface area (Å²) in [6.45, 7) is 0. The first kappa shape index (κ1) is 9.37. The number of nitrogens with zero attached hydrogens (tertiary/aromatic N) is 1. The minimum Gasteiger partial charge on any atom is -0.506 e. The van der Waals surface area contributed by atoms with Crippen molar-refractivity contribution < 1.29 is 18.7 Å². The lowest BCUT2D eigenvalue weighted by atomic mass is 10.2. The number of aromatic nitrogens is 1. The van der Waals surface area contributed by atoms with Crippen LogP contribution in [0.2, 0.25) is 0 Å². The predicted octanol–water partition coefficient (Wildman–Crippen LogP) is 0.824. The molecule has 1 aromatic heterocycles. The van der Waals surface area contributed by atoms with E-state index in [-0.39, 0.29) is 5.56 Å². The van der Waals surface area contributed by atoms with Gasteiger partial charge in [0.25, 0.3) is 6.43 Å². The van der Waals surface area contributed by atoms with Crippen molar-refractivity contribution in [1.82, 2.24) is 4.98 Å². The number of carbonyl (C=O) groups is 1. The highest BCUT2D eigenvalue weighted by molar-refractivity contribution is 5.92. The molecule has 0 aliphatic rings. The average Bonchev–Trinajstić information content (AvgIpc) is 2.03. The number of carbonyl (C=O) groups excluding carboxylic acids is 1. The molecule has 6 heteroatoms. The number of nitrogens with two attached hydrogens (primary N) is 1. The molecule has 0 radical (unpaired) electrons. The predicted molar refractivity (Wildman–Crippen MR) is 39.4 cm³/mol. The second-order valence-electron chi connectivity index (χ2n) is 2.29. The molecule has 0 spiro atoms.